The molecule has 188 valence electrons. The molecule has 1 heterocycles. The van der Waals surface area contributed by atoms with Crippen molar-refractivity contribution in [1.82, 2.24) is 4.90 Å². The Kier molecular flexibility index (Phi) is 7.32. The van der Waals surface area contributed by atoms with Crippen molar-refractivity contribution < 1.29 is 22.9 Å². The molecule has 1 saturated heterocycles. The molecule has 4 rings (SSSR count). The number of hydrogen-bond acceptors (Lipinski definition) is 4. The molecule has 0 aliphatic carbocycles. The Labute approximate surface area is 209 Å². The quantitative estimate of drug-likeness (QED) is 0.142. The average molecular weight is 511 g/mol. The van der Waals surface area contributed by atoms with Gasteiger partial charge in [-0.05, 0) is 67.0 Å². The number of halogens is 2. The zero-order chi connectivity index (χ0) is 26.0. The normalized spacial score (nSPS) is 18.6. The van der Waals surface area contributed by atoms with Crippen LogP contribution in [0.3, 0.4) is 0 Å². The first kappa shape index (κ1) is 25.7. The van der Waals surface area contributed by atoms with E-state index in [0.29, 0.717) is 18.5 Å². The van der Waals surface area contributed by atoms with Gasteiger partial charge in [0.1, 0.15) is 11.6 Å². The second-order valence-electron chi connectivity index (χ2n) is 9.91. The largest absolute Gasteiger partial charge is 0.411 e. The number of carbonyl (C=O) groups excluding carboxylic acids is 1. The predicted molar refractivity (Wildman–Crippen MR) is 135 cm³/mol. The van der Waals surface area contributed by atoms with Gasteiger partial charge in [-0.3, -0.25) is 14.9 Å². The number of amides is 1. The highest BCUT2D eigenvalue weighted by atomic mass is 28.4. The van der Waals surface area contributed by atoms with Crippen LogP contribution in [0.1, 0.15) is 41.2 Å². The van der Waals surface area contributed by atoms with E-state index in [4.69, 9.17) is 4.43 Å². The van der Waals surface area contributed by atoms with Crippen LogP contribution < -0.4 is 0 Å². The van der Waals surface area contributed by atoms with E-state index in [0.717, 1.165) is 11.1 Å². The summed E-state index contributed by atoms with van der Waals surface area (Å²) >= 11 is 0. The second kappa shape index (κ2) is 10.3. The average Bonchev–Trinajstić information content (AvgIpc) is 2.83. The summed E-state index contributed by atoms with van der Waals surface area (Å²) in [5.74, 6) is -1.34. The molecule has 9 heteroatoms. The fourth-order valence-electron chi connectivity index (χ4n) is 4.61. The molecular formula is C27H28F2N2O4Si. The summed E-state index contributed by atoms with van der Waals surface area (Å²) in [5, 5.41) is 11.1. The number of β-lactam (4-membered cyclic amide) rings is 1. The number of carbonyl (C=O) groups is 1. The molecule has 0 N–H and O–H groups in total. The van der Waals surface area contributed by atoms with E-state index in [-0.39, 0.29) is 35.4 Å². The van der Waals surface area contributed by atoms with E-state index < -0.39 is 19.2 Å². The van der Waals surface area contributed by atoms with Crippen LogP contribution in [-0.4, -0.2) is 30.6 Å². The Morgan fingerprint density at radius 2 is 1.44 bits per heavy atom. The third-order valence-electron chi connectivity index (χ3n) is 6.24. The number of nitrogens with zero attached hydrogens (tertiary/aromatic N) is 2. The Hall–Kier alpha value is -3.43. The molecule has 1 fully saturated rings. The Balaban J connectivity index is 1.61. The van der Waals surface area contributed by atoms with E-state index >= 15 is 0 Å². The molecule has 1 aliphatic rings. The van der Waals surface area contributed by atoms with Gasteiger partial charge in [-0.2, -0.15) is 0 Å². The third kappa shape index (κ3) is 5.68. The highest BCUT2D eigenvalue weighted by Gasteiger charge is 2.48. The van der Waals surface area contributed by atoms with Gasteiger partial charge in [0, 0.05) is 18.7 Å². The minimum atomic E-state index is -1.96. The first-order valence-corrected chi connectivity index (χ1v) is 15.2. The highest BCUT2D eigenvalue weighted by Crippen LogP contribution is 2.47. The van der Waals surface area contributed by atoms with Gasteiger partial charge in [-0.25, -0.2) is 8.78 Å². The van der Waals surface area contributed by atoms with Crippen LogP contribution in [0.4, 0.5) is 14.5 Å². The lowest BCUT2D eigenvalue weighted by Crippen LogP contribution is -2.53. The van der Waals surface area contributed by atoms with Crippen LogP contribution in [0.5, 0.6) is 0 Å². The standard InChI is InChI=1S/C27H28F2N2O4Si/c1-36(2,3)35-24(18-4-10-21(28)11-5-18)16-17-30-26(20-8-14-23(15-9-20)31(33)34)25(27(30)32)19-6-12-22(29)13-7-19/h4-15,24-26H,16-17H2,1-3H3/t24-,25+,26+/m0/s1. The van der Waals surface area contributed by atoms with Crippen molar-refractivity contribution in [1.29, 1.82) is 0 Å². The molecule has 0 bridgehead atoms. The number of rotatable bonds is 9. The summed E-state index contributed by atoms with van der Waals surface area (Å²) in [4.78, 5) is 25.7. The fourth-order valence-corrected chi connectivity index (χ4v) is 5.72. The van der Waals surface area contributed by atoms with Crippen molar-refractivity contribution in [2.24, 2.45) is 0 Å². The summed E-state index contributed by atoms with van der Waals surface area (Å²) < 4.78 is 33.4. The maximum Gasteiger partial charge on any atom is 0.269 e. The lowest BCUT2D eigenvalue weighted by atomic mass is 9.77. The number of likely N-dealkylation sites (tertiary alicyclic amines) is 1. The highest BCUT2D eigenvalue weighted by molar-refractivity contribution is 6.69. The summed E-state index contributed by atoms with van der Waals surface area (Å²) in [6, 6.07) is 17.9. The van der Waals surface area contributed by atoms with Gasteiger partial charge < -0.3 is 9.33 Å². The molecule has 0 spiro atoms. The van der Waals surface area contributed by atoms with Crippen LogP contribution >= 0.6 is 0 Å². The van der Waals surface area contributed by atoms with E-state index in [1.165, 1.54) is 36.4 Å². The van der Waals surface area contributed by atoms with E-state index in [1.54, 1.807) is 41.3 Å². The zero-order valence-corrected chi connectivity index (χ0v) is 21.4. The molecule has 3 atom stereocenters. The van der Waals surface area contributed by atoms with E-state index in [2.05, 4.69) is 19.6 Å². The minimum Gasteiger partial charge on any atom is -0.411 e. The van der Waals surface area contributed by atoms with Gasteiger partial charge >= 0.3 is 0 Å². The first-order chi connectivity index (χ1) is 17.0. The van der Waals surface area contributed by atoms with Gasteiger partial charge in [0.15, 0.2) is 8.32 Å². The Morgan fingerprint density at radius 1 is 0.917 bits per heavy atom. The Bertz CT molecular complexity index is 1230. The molecule has 0 radical (unpaired) electrons. The number of non-ortho nitro benzene ring substituents is 1. The molecule has 3 aromatic rings. The monoisotopic (exact) mass is 510 g/mol. The van der Waals surface area contributed by atoms with Gasteiger partial charge in [0.2, 0.25) is 5.91 Å². The van der Waals surface area contributed by atoms with Crippen molar-refractivity contribution in [3.8, 4) is 0 Å². The van der Waals surface area contributed by atoms with Crippen LogP contribution in [0.15, 0.2) is 72.8 Å². The number of benzene rings is 3. The van der Waals surface area contributed by atoms with Crippen LogP contribution in [0.2, 0.25) is 19.6 Å². The zero-order valence-electron chi connectivity index (χ0n) is 20.4. The first-order valence-electron chi connectivity index (χ1n) is 11.8. The SMILES string of the molecule is C[Si](C)(C)O[C@@H](CCN1C(=O)[C@H](c2ccc(F)cc2)[C@H]1c1ccc([N+](=O)[O-])cc1)c1ccc(F)cc1. The van der Waals surface area contributed by atoms with Crippen LogP contribution in [-0.2, 0) is 9.22 Å². The van der Waals surface area contributed by atoms with Gasteiger partial charge in [-0.15, -0.1) is 0 Å². The lowest BCUT2D eigenvalue weighted by molar-refractivity contribution is -0.384. The summed E-state index contributed by atoms with van der Waals surface area (Å²) in [5.41, 5.74) is 2.26. The molecule has 1 aliphatic heterocycles. The predicted octanol–water partition coefficient (Wildman–Crippen LogP) is 6.52. The minimum absolute atomic E-state index is 0.0332. The molecule has 0 unspecified atom stereocenters. The van der Waals surface area contributed by atoms with Gasteiger partial charge in [0.25, 0.3) is 5.69 Å². The number of nitro benzene ring substituents is 1. The summed E-state index contributed by atoms with van der Waals surface area (Å²) in [6.45, 7) is 6.60. The summed E-state index contributed by atoms with van der Waals surface area (Å²) in [7, 11) is -1.96. The van der Waals surface area contributed by atoms with Crippen molar-refractivity contribution in [3.05, 3.63) is 111 Å². The number of hydrogen-bond donors (Lipinski definition) is 0. The van der Waals surface area contributed by atoms with Crippen molar-refractivity contribution >= 4 is 19.9 Å². The molecular weight excluding hydrogens is 482 g/mol. The van der Waals surface area contributed by atoms with E-state index in [9.17, 15) is 23.7 Å². The van der Waals surface area contributed by atoms with Crippen molar-refractivity contribution in [3.63, 3.8) is 0 Å². The Morgan fingerprint density at radius 3 is 1.97 bits per heavy atom. The maximum atomic E-state index is 13.5. The van der Waals surface area contributed by atoms with Gasteiger partial charge in [0.05, 0.1) is 23.0 Å². The van der Waals surface area contributed by atoms with Crippen molar-refractivity contribution in [2.75, 3.05) is 6.54 Å². The summed E-state index contributed by atoms with van der Waals surface area (Å²) in [6.07, 6.45) is 0.189. The van der Waals surface area contributed by atoms with Gasteiger partial charge in [-0.1, -0.05) is 36.4 Å². The topological polar surface area (TPSA) is 72.7 Å². The molecule has 0 saturated carbocycles. The molecule has 3 aromatic carbocycles. The van der Waals surface area contributed by atoms with Crippen LogP contribution in [0, 0.1) is 21.7 Å². The lowest BCUT2D eigenvalue weighted by Gasteiger charge is -2.48. The molecule has 36 heavy (non-hydrogen) atoms. The molecule has 1 amide bonds. The molecule has 0 aromatic heterocycles. The fraction of sp³-hybridized carbons (Fsp3) is 0.296. The van der Waals surface area contributed by atoms with E-state index in [1.807, 2.05) is 0 Å². The maximum absolute atomic E-state index is 13.5. The second-order valence-corrected chi connectivity index (χ2v) is 14.4. The van der Waals surface area contributed by atoms with Crippen LogP contribution in [0.25, 0.3) is 0 Å². The third-order valence-corrected chi connectivity index (χ3v) is 7.24. The molecule has 6 nitrogen and oxygen atoms in total. The smallest absolute Gasteiger partial charge is 0.269 e. The van der Waals surface area contributed by atoms with Crippen molar-refractivity contribution in [2.45, 2.75) is 44.1 Å². The number of nitro groups is 1.